The highest BCUT2D eigenvalue weighted by Crippen LogP contribution is 1.91. The van der Waals surface area contributed by atoms with E-state index in [0.717, 1.165) is 0 Å². The summed E-state index contributed by atoms with van der Waals surface area (Å²) >= 11 is 0. The van der Waals surface area contributed by atoms with Gasteiger partial charge in [-0.1, -0.05) is 0 Å². The number of amides is 1. The van der Waals surface area contributed by atoms with Gasteiger partial charge >= 0.3 is 0 Å². The maximum absolute atomic E-state index is 11.3. The van der Waals surface area contributed by atoms with Crippen molar-refractivity contribution in [3.8, 4) is 0 Å². The van der Waals surface area contributed by atoms with Gasteiger partial charge in [-0.05, 0) is 6.92 Å². The predicted octanol–water partition coefficient (Wildman–Crippen LogP) is -1.59. The van der Waals surface area contributed by atoms with Gasteiger partial charge in [0.05, 0.1) is 25.3 Å². The maximum atomic E-state index is 11.3. The predicted molar refractivity (Wildman–Crippen MR) is 49.3 cm³/mol. The minimum atomic E-state index is -0.432. The summed E-state index contributed by atoms with van der Waals surface area (Å²) in [6.07, 6.45) is 0. The molecular formula is C8H18N2O3. The van der Waals surface area contributed by atoms with Gasteiger partial charge in [-0.2, -0.15) is 0 Å². The Morgan fingerprint density at radius 1 is 1.38 bits per heavy atom. The van der Waals surface area contributed by atoms with Gasteiger partial charge in [0.1, 0.15) is 0 Å². The summed E-state index contributed by atoms with van der Waals surface area (Å²) in [4.78, 5) is 12.8. The van der Waals surface area contributed by atoms with Crippen molar-refractivity contribution in [3.63, 3.8) is 0 Å². The lowest BCUT2D eigenvalue weighted by atomic mass is 10.2. The van der Waals surface area contributed by atoms with E-state index in [1.54, 1.807) is 21.0 Å². The molecule has 0 aromatic carbocycles. The number of carbonyl (C=O) groups is 1. The topological polar surface area (TPSA) is 72.8 Å². The molecule has 0 bridgehead atoms. The van der Waals surface area contributed by atoms with Crippen molar-refractivity contribution in [1.82, 2.24) is 10.2 Å². The summed E-state index contributed by atoms with van der Waals surface area (Å²) in [5.74, 6) is -0.0769. The number of aliphatic hydroxyl groups excluding tert-OH is 2. The molecule has 5 nitrogen and oxygen atoms in total. The van der Waals surface area contributed by atoms with Crippen LogP contribution in [-0.2, 0) is 4.79 Å². The second-order valence-corrected chi connectivity index (χ2v) is 3.18. The number of hydrogen-bond donors (Lipinski definition) is 3. The van der Waals surface area contributed by atoms with Crippen molar-refractivity contribution < 1.29 is 15.0 Å². The van der Waals surface area contributed by atoms with Crippen molar-refractivity contribution in [2.75, 3.05) is 27.3 Å². The smallest absolute Gasteiger partial charge is 0.238 e. The molecule has 13 heavy (non-hydrogen) atoms. The Labute approximate surface area is 78.4 Å². The van der Waals surface area contributed by atoms with Gasteiger partial charge in [0.15, 0.2) is 0 Å². The SMILES string of the molecule is CC(NC(CO)CO)C(=O)N(C)C. The van der Waals surface area contributed by atoms with Crippen LogP contribution >= 0.6 is 0 Å². The molecule has 1 unspecified atom stereocenters. The van der Waals surface area contributed by atoms with Crippen LogP contribution in [0.2, 0.25) is 0 Å². The fourth-order valence-electron chi connectivity index (χ4n) is 0.975. The van der Waals surface area contributed by atoms with Crippen LogP contribution in [0, 0.1) is 0 Å². The lowest BCUT2D eigenvalue weighted by molar-refractivity contribution is -0.130. The van der Waals surface area contributed by atoms with E-state index < -0.39 is 6.04 Å². The molecule has 1 atom stereocenters. The Morgan fingerprint density at radius 3 is 2.15 bits per heavy atom. The van der Waals surface area contributed by atoms with E-state index in [9.17, 15) is 4.79 Å². The average Bonchev–Trinajstić information content (AvgIpc) is 2.12. The molecule has 0 fully saturated rings. The second-order valence-electron chi connectivity index (χ2n) is 3.18. The molecule has 0 saturated carbocycles. The fourth-order valence-corrected chi connectivity index (χ4v) is 0.975. The summed E-state index contributed by atoms with van der Waals surface area (Å²) in [7, 11) is 3.32. The van der Waals surface area contributed by atoms with E-state index in [4.69, 9.17) is 10.2 Å². The number of nitrogens with one attached hydrogen (secondary N) is 1. The molecule has 0 spiro atoms. The molecule has 5 heteroatoms. The molecule has 3 N–H and O–H groups in total. The van der Waals surface area contributed by atoms with Gasteiger partial charge in [-0.25, -0.2) is 0 Å². The summed E-state index contributed by atoms with van der Waals surface area (Å²) in [6, 6.07) is -0.821. The first-order valence-corrected chi connectivity index (χ1v) is 4.21. The average molecular weight is 190 g/mol. The minimum Gasteiger partial charge on any atom is -0.395 e. The number of hydrogen-bond acceptors (Lipinski definition) is 4. The van der Waals surface area contributed by atoms with Gasteiger partial charge in [-0.3, -0.25) is 10.1 Å². The van der Waals surface area contributed by atoms with E-state index in [1.807, 2.05) is 0 Å². The molecule has 0 saturated heterocycles. The van der Waals surface area contributed by atoms with Crippen LogP contribution in [0.3, 0.4) is 0 Å². The highest BCUT2D eigenvalue weighted by atomic mass is 16.3. The largest absolute Gasteiger partial charge is 0.395 e. The monoisotopic (exact) mass is 190 g/mol. The molecular weight excluding hydrogens is 172 g/mol. The van der Waals surface area contributed by atoms with E-state index in [0.29, 0.717) is 0 Å². The molecule has 0 aliphatic rings. The van der Waals surface area contributed by atoms with Gasteiger partial charge < -0.3 is 15.1 Å². The van der Waals surface area contributed by atoms with Gasteiger partial charge in [0, 0.05) is 14.1 Å². The van der Waals surface area contributed by atoms with Crippen LogP contribution < -0.4 is 5.32 Å². The molecule has 0 radical (unpaired) electrons. The van der Waals surface area contributed by atoms with E-state index >= 15 is 0 Å². The zero-order valence-corrected chi connectivity index (χ0v) is 8.32. The number of carbonyl (C=O) groups excluding carboxylic acids is 1. The first-order valence-electron chi connectivity index (χ1n) is 4.21. The summed E-state index contributed by atoms with van der Waals surface area (Å²) < 4.78 is 0. The summed E-state index contributed by atoms with van der Waals surface area (Å²) in [5.41, 5.74) is 0. The van der Waals surface area contributed by atoms with Crippen LogP contribution in [0.5, 0.6) is 0 Å². The number of nitrogens with zero attached hydrogens (tertiary/aromatic N) is 1. The number of likely N-dealkylation sites (N-methyl/N-ethyl adjacent to an activating group) is 1. The summed E-state index contributed by atoms with van der Waals surface area (Å²) in [5, 5.41) is 20.3. The quantitative estimate of drug-likeness (QED) is 0.488. The molecule has 0 heterocycles. The van der Waals surface area contributed by atoms with Crippen molar-refractivity contribution in [2.45, 2.75) is 19.0 Å². The standard InChI is InChI=1S/C8H18N2O3/c1-6(8(13)10(2)3)9-7(4-11)5-12/h6-7,9,11-12H,4-5H2,1-3H3. The molecule has 0 aromatic rings. The zero-order chi connectivity index (χ0) is 10.4. The van der Waals surface area contributed by atoms with Crippen molar-refractivity contribution >= 4 is 5.91 Å². The second kappa shape index (κ2) is 5.90. The lowest BCUT2D eigenvalue weighted by Crippen LogP contribution is -2.48. The van der Waals surface area contributed by atoms with Crippen LogP contribution in [0.15, 0.2) is 0 Å². The van der Waals surface area contributed by atoms with Crippen molar-refractivity contribution in [1.29, 1.82) is 0 Å². The molecule has 0 aliphatic carbocycles. The first-order chi connectivity index (χ1) is 6.02. The Morgan fingerprint density at radius 2 is 1.85 bits per heavy atom. The molecule has 1 amide bonds. The van der Waals surface area contributed by atoms with Gasteiger partial charge in [0.25, 0.3) is 0 Å². The van der Waals surface area contributed by atoms with E-state index in [2.05, 4.69) is 5.32 Å². The van der Waals surface area contributed by atoms with Crippen LogP contribution in [0.4, 0.5) is 0 Å². The van der Waals surface area contributed by atoms with Crippen molar-refractivity contribution in [3.05, 3.63) is 0 Å². The zero-order valence-electron chi connectivity index (χ0n) is 8.32. The molecule has 0 rings (SSSR count). The Balaban J connectivity index is 3.97. The molecule has 0 aromatic heterocycles. The lowest BCUT2D eigenvalue weighted by Gasteiger charge is -2.21. The third-order valence-corrected chi connectivity index (χ3v) is 1.74. The van der Waals surface area contributed by atoms with E-state index in [1.165, 1.54) is 4.90 Å². The third kappa shape index (κ3) is 4.21. The fraction of sp³-hybridized carbons (Fsp3) is 0.875. The van der Waals surface area contributed by atoms with Crippen LogP contribution in [0.1, 0.15) is 6.92 Å². The molecule has 78 valence electrons. The Bertz CT molecular complexity index is 157. The van der Waals surface area contributed by atoms with Crippen LogP contribution in [-0.4, -0.2) is 60.4 Å². The Kier molecular flexibility index (Phi) is 5.61. The maximum Gasteiger partial charge on any atom is 0.238 e. The minimum absolute atomic E-state index is 0.0769. The first kappa shape index (κ1) is 12.3. The van der Waals surface area contributed by atoms with E-state index in [-0.39, 0.29) is 25.2 Å². The summed E-state index contributed by atoms with van der Waals surface area (Å²) in [6.45, 7) is 1.34. The highest BCUT2D eigenvalue weighted by molar-refractivity contribution is 5.80. The van der Waals surface area contributed by atoms with Crippen molar-refractivity contribution in [2.24, 2.45) is 0 Å². The van der Waals surface area contributed by atoms with Gasteiger partial charge in [0.2, 0.25) is 5.91 Å². The normalized spacial score (nSPS) is 13.1. The molecule has 0 aliphatic heterocycles. The van der Waals surface area contributed by atoms with Crippen LogP contribution in [0.25, 0.3) is 0 Å². The third-order valence-electron chi connectivity index (χ3n) is 1.74. The highest BCUT2D eigenvalue weighted by Gasteiger charge is 2.17. The Hall–Kier alpha value is -0.650. The van der Waals surface area contributed by atoms with Gasteiger partial charge in [-0.15, -0.1) is 0 Å². The number of aliphatic hydroxyl groups is 2. The number of rotatable bonds is 5.